The van der Waals surface area contributed by atoms with Gasteiger partial charge in [0.1, 0.15) is 5.75 Å². The summed E-state index contributed by atoms with van der Waals surface area (Å²) in [5, 5.41) is 6.74. The van der Waals surface area contributed by atoms with Crippen molar-refractivity contribution in [3.63, 3.8) is 0 Å². The van der Waals surface area contributed by atoms with Crippen LogP contribution in [-0.4, -0.2) is 27.6 Å². The molecule has 0 spiro atoms. The molecule has 3 aromatic rings. The summed E-state index contributed by atoms with van der Waals surface area (Å²) in [4.78, 5) is 20.2. The highest BCUT2D eigenvalue weighted by Crippen LogP contribution is 2.20. The average Bonchev–Trinajstić information content (AvgIpc) is 3.11. The van der Waals surface area contributed by atoms with E-state index in [0.29, 0.717) is 30.4 Å². The van der Waals surface area contributed by atoms with Crippen molar-refractivity contribution in [3.8, 4) is 17.1 Å². The van der Waals surface area contributed by atoms with Crippen LogP contribution in [-0.2, 0) is 11.2 Å². The maximum Gasteiger partial charge on any atom is 0.227 e. The smallest absolute Gasteiger partial charge is 0.227 e. The number of hydrogen-bond acceptors (Lipinski definition) is 6. The predicted molar refractivity (Wildman–Crippen MR) is 92.1 cm³/mol. The van der Waals surface area contributed by atoms with E-state index in [1.165, 1.54) is 0 Å². The lowest BCUT2D eigenvalue weighted by Crippen LogP contribution is -2.12. The standard InChI is InChI=1S/C18H18N4O3/c1-2-24-15-5-3-13(4-6-15)18-21-17(25-22-18)8-7-16(23)20-14-9-11-19-12-10-14/h3-6,9-12H,2,7-8H2,1H3,(H,19,20,23). The number of aryl methyl sites for hydroxylation is 1. The van der Waals surface area contributed by atoms with E-state index in [9.17, 15) is 4.79 Å². The van der Waals surface area contributed by atoms with Gasteiger partial charge in [-0.3, -0.25) is 9.78 Å². The first kappa shape index (κ1) is 16.6. The van der Waals surface area contributed by atoms with E-state index in [2.05, 4.69) is 20.4 Å². The molecule has 0 aliphatic heterocycles. The topological polar surface area (TPSA) is 90.1 Å². The van der Waals surface area contributed by atoms with Gasteiger partial charge in [-0.15, -0.1) is 0 Å². The lowest BCUT2D eigenvalue weighted by Gasteiger charge is -2.02. The van der Waals surface area contributed by atoms with Crippen LogP contribution < -0.4 is 10.1 Å². The lowest BCUT2D eigenvalue weighted by atomic mass is 10.2. The van der Waals surface area contributed by atoms with Gasteiger partial charge in [0.15, 0.2) is 0 Å². The summed E-state index contributed by atoms with van der Waals surface area (Å²) in [5.41, 5.74) is 1.54. The summed E-state index contributed by atoms with van der Waals surface area (Å²) < 4.78 is 10.6. The lowest BCUT2D eigenvalue weighted by molar-refractivity contribution is -0.116. The molecule has 0 radical (unpaired) electrons. The molecule has 0 aliphatic rings. The van der Waals surface area contributed by atoms with Crippen LogP contribution in [0, 0.1) is 0 Å². The van der Waals surface area contributed by atoms with E-state index in [1.54, 1.807) is 24.5 Å². The molecule has 2 aromatic heterocycles. The van der Waals surface area contributed by atoms with E-state index in [4.69, 9.17) is 9.26 Å². The van der Waals surface area contributed by atoms with E-state index in [0.717, 1.165) is 11.3 Å². The minimum atomic E-state index is -0.119. The van der Waals surface area contributed by atoms with Gasteiger partial charge in [0.25, 0.3) is 0 Å². The quantitative estimate of drug-likeness (QED) is 0.712. The molecule has 1 aromatic carbocycles. The molecule has 128 valence electrons. The van der Waals surface area contributed by atoms with Crippen molar-refractivity contribution in [1.29, 1.82) is 0 Å². The van der Waals surface area contributed by atoms with E-state index in [-0.39, 0.29) is 12.3 Å². The van der Waals surface area contributed by atoms with Gasteiger partial charge in [-0.25, -0.2) is 0 Å². The van der Waals surface area contributed by atoms with Crippen LogP contribution in [0.5, 0.6) is 5.75 Å². The van der Waals surface area contributed by atoms with Gasteiger partial charge in [-0.2, -0.15) is 4.98 Å². The van der Waals surface area contributed by atoms with Crippen molar-refractivity contribution in [2.75, 3.05) is 11.9 Å². The maximum atomic E-state index is 11.9. The normalized spacial score (nSPS) is 10.4. The predicted octanol–water partition coefficient (Wildman–Crippen LogP) is 3.10. The molecule has 0 saturated carbocycles. The second-order valence-corrected chi connectivity index (χ2v) is 5.25. The monoisotopic (exact) mass is 338 g/mol. The minimum absolute atomic E-state index is 0.119. The van der Waals surface area contributed by atoms with Gasteiger partial charge >= 0.3 is 0 Å². The van der Waals surface area contributed by atoms with E-state index in [1.807, 2.05) is 31.2 Å². The number of carbonyl (C=O) groups excluding carboxylic acids is 1. The maximum absolute atomic E-state index is 11.9. The van der Waals surface area contributed by atoms with Gasteiger partial charge in [-0.1, -0.05) is 5.16 Å². The van der Waals surface area contributed by atoms with Crippen molar-refractivity contribution in [3.05, 3.63) is 54.7 Å². The second kappa shape index (κ2) is 8.05. The van der Waals surface area contributed by atoms with Crippen LogP contribution >= 0.6 is 0 Å². The molecule has 25 heavy (non-hydrogen) atoms. The molecular formula is C18H18N4O3. The first-order chi connectivity index (χ1) is 12.2. The largest absolute Gasteiger partial charge is 0.494 e. The van der Waals surface area contributed by atoms with Gasteiger partial charge < -0.3 is 14.6 Å². The summed E-state index contributed by atoms with van der Waals surface area (Å²) in [6.45, 7) is 2.55. The summed E-state index contributed by atoms with van der Waals surface area (Å²) in [6.07, 6.45) is 3.88. The Balaban J connectivity index is 1.55. The zero-order chi connectivity index (χ0) is 17.5. The van der Waals surface area contributed by atoms with Crippen molar-refractivity contribution >= 4 is 11.6 Å². The summed E-state index contributed by atoms with van der Waals surface area (Å²) in [7, 11) is 0. The van der Waals surface area contributed by atoms with E-state index < -0.39 is 0 Å². The van der Waals surface area contributed by atoms with Crippen LogP contribution in [0.4, 0.5) is 5.69 Å². The van der Waals surface area contributed by atoms with Gasteiger partial charge in [0, 0.05) is 36.5 Å². The molecule has 7 nitrogen and oxygen atoms in total. The number of benzene rings is 1. The number of nitrogens with one attached hydrogen (secondary N) is 1. The minimum Gasteiger partial charge on any atom is -0.494 e. The number of rotatable bonds is 7. The first-order valence-electron chi connectivity index (χ1n) is 8.00. The number of hydrogen-bond donors (Lipinski definition) is 1. The zero-order valence-electron chi connectivity index (χ0n) is 13.8. The fourth-order valence-electron chi connectivity index (χ4n) is 2.22. The molecule has 0 atom stereocenters. The van der Waals surface area contributed by atoms with Crippen molar-refractivity contribution in [2.24, 2.45) is 0 Å². The number of aromatic nitrogens is 3. The van der Waals surface area contributed by atoms with Crippen LogP contribution in [0.25, 0.3) is 11.4 Å². The fourth-order valence-corrected chi connectivity index (χ4v) is 2.22. The Hall–Kier alpha value is -3.22. The Morgan fingerprint density at radius 2 is 1.92 bits per heavy atom. The average molecular weight is 338 g/mol. The number of nitrogens with zero attached hydrogens (tertiary/aromatic N) is 3. The van der Waals surface area contributed by atoms with Crippen molar-refractivity contribution < 1.29 is 14.1 Å². The number of carbonyl (C=O) groups is 1. The van der Waals surface area contributed by atoms with Crippen LogP contribution in [0.3, 0.4) is 0 Å². The number of anilines is 1. The Morgan fingerprint density at radius 1 is 1.16 bits per heavy atom. The Bertz CT molecular complexity index is 816. The molecule has 0 bridgehead atoms. The molecule has 2 heterocycles. The van der Waals surface area contributed by atoms with Gasteiger partial charge in [-0.05, 0) is 43.3 Å². The zero-order valence-corrected chi connectivity index (χ0v) is 13.8. The summed E-state index contributed by atoms with van der Waals surface area (Å²) in [6, 6.07) is 10.9. The van der Waals surface area contributed by atoms with Crippen LogP contribution in [0.2, 0.25) is 0 Å². The first-order valence-corrected chi connectivity index (χ1v) is 8.00. The summed E-state index contributed by atoms with van der Waals surface area (Å²) >= 11 is 0. The highest BCUT2D eigenvalue weighted by molar-refractivity contribution is 5.90. The molecule has 0 unspecified atom stereocenters. The third-order valence-electron chi connectivity index (χ3n) is 3.42. The molecule has 1 N–H and O–H groups in total. The molecule has 0 saturated heterocycles. The molecule has 3 rings (SSSR count). The molecular weight excluding hydrogens is 320 g/mol. The SMILES string of the molecule is CCOc1ccc(-c2noc(CCC(=O)Nc3ccncc3)n2)cc1. The Kier molecular flexibility index (Phi) is 5.36. The third kappa shape index (κ3) is 4.63. The molecule has 1 amide bonds. The highest BCUT2D eigenvalue weighted by Gasteiger charge is 2.11. The number of amides is 1. The fraction of sp³-hybridized carbons (Fsp3) is 0.222. The van der Waals surface area contributed by atoms with E-state index >= 15 is 0 Å². The van der Waals surface area contributed by atoms with Crippen LogP contribution in [0.1, 0.15) is 19.2 Å². The van der Waals surface area contributed by atoms with Gasteiger partial charge in [0.2, 0.25) is 17.6 Å². The third-order valence-corrected chi connectivity index (χ3v) is 3.42. The number of pyridine rings is 1. The number of ether oxygens (including phenoxy) is 1. The Morgan fingerprint density at radius 3 is 2.64 bits per heavy atom. The molecule has 0 aliphatic carbocycles. The van der Waals surface area contributed by atoms with Crippen molar-refractivity contribution in [2.45, 2.75) is 19.8 Å². The van der Waals surface area contributed by atoms with Crippen LogP contribution in [0.15, 0.2) is 53.3 Å². The molecule has 0 fully saturated rings. The van der Waals surface area contributed by atoms with Crippen molar-refractivity contribution in [1.82, 2.24) is 15.1 Å². The highest BCUT2D eigenvalue weighted by atomic mass is 16.5. The second-order valence-electron chi connectivity index (χ2n) is 5.25. The Labute approximate surface area is 145 Å². The molecule has 7 heteroatoms. The van der Waals surface area contributed by atoms with Gasteiger partial charge in [0.05, 0.1) is 6.61 Å². The summed E-state index contributed by atoms with van der Waals surface area (Å²) in [5.74, 6) is 1.59.